The minimum atomic E-state index is -2.90. The molecular weight excluding hydrogens is 300 g/mol. The van der Waals surface area contributed by atoms with Crippen LogP contribution in [0, 0.1) is 5.92 Å². The molecule has 7 nitrogen and oxygen atoms in total. The normalized spacial score (nSPS) is 20.8. The van der Waals surface area contributed by atoms with Crippen molar-refractivity contribution in [1.29, 1.82) is 0 Å². The summed E-state index contributed by atoms with van der Waals surface area (Å²) in [6, 6.07) is 0. The Hall–Kier alpha value is -1.22. The molecule has 112 valence electrons. The van der Waals surface area contributed by atoms with Crippen molar-refractivity contribution in [1.82, 2.24) is 15.5 Å². The van der Waals surface area contributed by atoms with Crippen LogP contribution in [-0.2, 0) is 9.84 Å². The SMILES string of the molecule is CCCNc1nnc(C(=O)NCC2CCS(=O)(=O)C2)s1. The van der Waals surface area contributed by atoms with Crippen LogP contribution < -0.4 is 10.6 Å². The fraction of sp³-hybridized carbons (Fsp3) is 0.727. The predicted octanol–water partition coefficient (Wildman–Crippen LogP) is 0.524. The van der Waals surface area contributed by atoms with Crippen molar-refractivity contribution in [3.63, 3.8) is 0 Å². The van der Waals surface area contributed by atoms with Gasteiger partial charge in [0, 0.05) is 13.1 Å². The van der Waals surface area contributed by atoms with Gasteiger partial charge in [0.05, 0.1) is 11.5 Å². The summed E-state index contributed by atoms with van der Waals surface area (Å²) in [5.74, 6) is 0.0929. The third-order valence-electron chi connectivity index (χ3n) is 3.02. The summed E-state index contributed by atoms with van der Waals surface area (Å²) in [7, 11) is -2.90. The van der Waals surface area contributed by atoms with Crippen LogP contribution in [0.15, 0.2) is 0 Å². The maximum atomic E-state index is 11.9. The highest BCUT2D eigenvalue weighted by Gasteiger charge is 2.28. The van der Waals surface area contributed by atoms with Gasteiger partial charge in [-0.15, -0.1) is 10.2 Å². The van der Waals surface area contributed by atoms with E-state index in [1.54, 1.807) is 0 Å². The first-order valence-electron chi connectivity index (χ1n) is 6.56. The van der Waals surface area contributed by atoms with E-state index in [-0.39, 0.29) is 23.3 Å². The first-order chi connectivity index (χ1) is 9.50. The lowest BCUT2D eigenvalue weighted by atomic mass is 10.1. The molecule has 1 aliphatic rings. The maximum Gasteiger partial charge on any atom is 0.282 e. The fourth-order valence-electron chi connectivity index (χ4n) is 1.96. The molecule has 0 aliphatic carbocycles. The molecule has 1 amide bonds. The summed E-state index contributed by atoms with van der Waals surface area (Å²) in [6.45, 7) is 3.20. The molecule has 2 N–H and O–H groups in total. The second kappa shape index (κ2) is 6.49. The average molecular weight is 318 g/mol. The zero-order valence-electron chi connectivity index (χ0n) is 11.3. The summed E-state index contributed by atoms with van der Waals surface area (Å²) < 4.78 is 22.6. The number of anilines is 1. The first-order valence-corrected chi connectivity index (χ1v) is 9.20. The zero-order chi connectivity index (χ0) is 14.6. The van der Waals surface area contributed by atoms with Crippen molar-refractivity contribution in [2.75, 3.05) is 29.9 Å². The van der Waals surface area contributed by atoms with Crippen LogP contribution in [0.2, 0.25) is 0 Å². The summed E-state index contributed by atoms with van der Waals surface area (Å²) in [6.07, 6.45) is 1.58. The topological polar surface area (TPSA) is 101 Å². The number of nitrogens with one attached hydrogen (secondary N) is 2. The number of hydrogen-bond donors (Lipinski definition) is 2. The number of aromatic nitrogens is 2. The Morgan fingerprint density at radius 1 is 1.45 bits per heavy atom. The molecule has 1 unspecified atom stereocenters. The van der Waals surface area contributed by atoms with Crippen LogP contribution in [0.1, 0.15) is 29.6 Å². The van der Waals surface area contributed by atoms with Gasteiger partial charge in [0.2, 0.25) is 10.1 Å². The van der Waals surface area contributed by atoms with Crippen molar-refractivity contribution in [3.05, 3.63) is 5.01 Å². The Morgan fingerprint density at radius 3 is 2.90 bits per heavy atom. The number of amides is 1. The monoisotopic (exact) mass is 318 g/mol. The van der Waals surface area contributed by atoms with E-state index in [1.165, 1.54) is 11.3 Å². The largest absolute Gasteiger partial charge is 0.360 e. The molecule has 0 saturated carbocycles. The molecule has 0 spiro atoms. The van der Waals surface area contributed by atoms with Gasteiger partial charge in [-0.1, -0.05) is 18.3 Å². The van der Waals surface area contributed by atoms with Crippen LogP contribution in [0.5, 0.6) is 0 Å². The third kappa shape index (κ3) is 4.14. The van der Waals surface area contributed by atoms with E-state index in [0.717, 1.165) is 13.0 Å². The maximum absolute atomic E-state index is 11.9. The van der Waals surface area contributed by atoms with Crippen LogP contribution >= 0.6 is 11.3 Å². The highest BCUT2D eigenvalue weighted by atomic mass is 32.2. The van der Waals surface area contributed by atoms with Crippen LogP contribution in [0.3, 0.4) is 0 Å². The number of carbonyl (C=O) groups excluding carboxylic acids is 1. The van der Waals surface area contributed by atoms with Gasteiger partial charge in [-0.3, -0.25) is 4.79 Å². The highest BCUT2D eigenvalue weighted by Crippen LogP contribution is 2.18. The van der Waals surface area contributed by atoms with Crippen molar-refractivity contribution in [2.24, 2.45) is 5.92 Å². The van der Waals surface area contributed by atoms with Gasteiger partial charge in [0.15, 0.2) is 9.84 Å². The lowest BCUT2D eigenvalue weighted by Crippen LogP contribution is -2.29. The van der Waals surface area contributed by atoms with Gasteiger partial charge in [-0.05, 0) is 18.8 Å². The van der Waals surface area contributed by atoms with Gasteiger partial charge in [-0.2, -0.15) is 0 Å². The van der Waals surface area contributed by atoms with Crippen molar-refractivity contribution < 1.29 is 13.2 Å². The molecule has 1 aromatic rings. The Kier molecular flexibility index (Phi) is 4.92. The number of sulfone groups is 1. The van der Waals surface area contributed by atoms with Crippen LogP contribution in [0.25, 0.3) is 0 Å². The average Bonchev–Trinajstić information content (AvgIpc) is 3.00. The number of hydrogen-bond acceptors (Lipinski definition) is 7. The van der Waals surface area contributed by atoms with Crippen LogP contribution in [-0.4, -0.2) is 49.1 Å². The van der Waals surface area contributed by atoms with E-state index in [0.29, 0.717) is 23.1 Å². The lowest BCUT2D eigenvalue weighted by Gasteiger charge is -2.07. The molecule has 2 rings (SSSR count). The minimum Gasteiger partial charge on any atom is -0.360 e. The zero-order valence-corrected chi connectivity index (χ0v) is 12.9. The van der Waals surface area contributed by atoms with Gasteiger partial charge < -0.3 is 10.6 Å². The molecule has 0 aromatic carbocycles. The van der Waals surface area contributed by atoms with Gasteiger partial charge in [0.25, 0.3) is 5.91 Å². The molecule has 0 bridgehead atoms. The van der Waals surface area contributed by atoms with Gasteiger partial charge in [0.1, 0.15) is 0 Å². The van der Waals surface area contributed by atoms with Crippen molar-refractivity contribution >= 4 is 32.2 Å². The highest BCUT2D eigenvalue weighted by molar-refractivity contribution is 7.91. The Bertz CT molecular complexity index is 570. The Labute approximate surface area is 122 Å². The lowest BCUT2D eigenvalue weighted by molar-refractivity contribution is 0.0947. The van der Waals surface area contributed by atoms with Crippen LogP contribution in [0.4, 0.5) is 5.13 Å². The molecule has 20 heavy (non-hydrogen) atoms. The summed E-state index contributed by atoms with van der Waals surface area (Å²) in [5.41, 5.74) is 0. The predicted molar refractivity (Wildman–Crippen MR) is 77.8 cm³/mol. The molecular formula is C11H18N4O3S2. The molecule has 1 aromatic heterocycles. The standard InChI is InChI=1S/C11H18N4O3S2/c1-2-4-12-11-15-14-10(19-11)9(16)13-6-8-3-5-20(17,18)7-8/h8H,2-7H2,1H3,(H,12,15)(H,13,16). The smallest absolute Gasteiger partial charge is 0.282 e. The van der Waals surface area contributed by atoms with Gasteiger partial charge >= 0.3 is 0 Å². The third-order valence-corrected chi connectivity index (χ3v) is 5.74. The number of rotatable bonds is 6. The van der Waals surface area contributed by atoms with E-state index in [1.807, 2.05) is 6.92 Å². The fourth-order valence-corrected chi connectivity index (χ4v) is 4.51. The minimum absolute atomic E-state index is 0.00885. The summed E-state index contributed by atoms with van der Waals surface area (Å²) in [4.78, 5) is 11.9. The molecule has 1 fully saturated rings. The number of carbonyl (C=O) groups is 1. The Morgan fingerprint density at radius 2 is 2.25 bits per heavy atom. The van der Waals surface area contributed by atoms with E-state index < -0.39 is 9.84 Å². The van der Waals surface area contributed by atoms with Crippen molar-refractivity contribution in [2.45, 2.75) is 19.8 Å². The van der Waals surface area contributed by atoms with E-state index in [9.17, 15) is 13.2 Å². The molecule has 1 aliphatic heterocycles. The Balaban J connectivity index is 1.81. The second-order valence-electron chi connectivity index (χ2n) is 4.82. The van der Waals surface area contributed by atoms with E-state index in [2.05, 4.69) is 20.8 Å². The molecule has 0 radical (unpaired) electrons. The summed E-state index contributed by atoms with van der Waals surface area (Å²) >= 11 is 1.20. The van der Waals surface area contributed by atoms with Gasteiger partial charge in [-0.25, -0.2) is 8.42 Å². The molecule has 1 atom stereocenters. The van der Waals surface area contributed by atoms with E-state index in [4.69, 9.17) is 0 Å². The quantitative estimate of drug-likeness (QED) is 0.793. The second-order valence-corrected chi connectivity index (χ2v) is 8.02. The number of nitrogens with zero attached hydrogens (tertiary/aromatic N) is 2. The molecule has 2 heterocycles. The molecule has 1 saturated heterocycles. The first kappa shape index (κ1) is 15.2. The van der Waals surface area contributed by atoms with Crippen molar-refractivity contribution in [3.8, 4) is 0 Å². The molecule has 9 heteroatoms. The summed E-state index contributed by atoms with van der Waals surface area (Å²) in [5, 5.41) is 14.4. The van der Waals surface area contributed by atoms with E-state index >= 15 is 0 Å².